The number of piperidine rings is 1. The quantitative estimate of drug-likeness (QED) is 0.911. The van der Waals surface area contributed by atoms with Crippen LogP contribution in [0.2, 0.25) is 0 Å². The first-order chi connectivity index (χ1) is 9.58. The van der Waals surface area contributed by atoms with E-state index in [1.54, 1.807) is 4.90 Å². The van der Waals surface area contributed by atoms with Crippen molar-refractivity contribution < 1.29 is 13.6 Å². The van der Waals surface area contributed by atoms with Crippen LogP contribution in [0.1, 0.15) is 30.7 Å². The molecule has 2 fully saturated rings. The van der Waals surface area contributed by atoms with Crippen LogP contribution in [-0.2, 0) is 4.79 Å². The number of hydrogen-bond donors (Lipinski definition) is 1. The molecule has 0 bridgehead atoms. The number of benzene rings is 1. The Morgan fingerprint density at radius 2 is 1.76 bits per heavy atom. The second-order valence-corrected chi connectivity index (χ2v) is 5.75. The van der Waals surface area contributed by atoms with Gasteiger partial charge in [-0.25, -0.2) is 8.78 Å². The first-order valence-electron chi connectivity index (χ1n) is 7.06. The molecule has 1 saturated carbocycles. The molecule has 0 aromatic heterocycles. The fourth-order valence-electron chi connectivity index (χ4n) is 3.01. The molecule has 1 aliphatic heterocycles. The van der Waals surface area contributed by atoms with Crippen LogP contribution >= 0.6 is 12.4 Å². The Hall–Kier alpha value is -1.20. The van der Waals surface area contributed by atoms with Crippen LogP contribution in [0, 0.1) is 17.6 Å². The maximum Gasteiger partial charge on any atom is 0.226 e. The number of nitrogens with zero attached hydrogens (tertiary/aromatic N) is 1. The van der Waals surface area contributed by atoms with Crippen LogP contribution in [0.4, 0.5) is 8.78 Å². The number of hydrogen-bond acceptors (Lipinski definition) is 2. The maximum absolute atomic E-state index is 13.7. The molecule has 1 aliphatic carbocycles. The van der Waals surface area contributed by atoms with E-state index in [2.05, 4.69) is 0 Å². The first-order valence-corrected chi connectivity index (χ1v) is 7.06. The van der Waals surface area contributed by atoms with E-state index in [4.69, 9.17) is 5.73 Å². The van der Waals surface area contributed by atoms with Crippen LogP contribution in [0.15, 0.2) is 18.2 Å². The Labute approximate surface area is 128 Å². The van der Waals surface area contributed by atoms with Crippen molar-refractivity contribution in [3.05, 3.63) is 35.4 Å². The van der Waals surface area contributed by atoms with Crippen molar-refractivity contribution >= 4 is 18.3 Å². The molecule has 1 saturated heterocycles. The van der Waals surface area contributed by atoms with E-state index < -0.39 is 11.6 Å². The molecule has 2 aliphatic rings. The number of amides is 1. The average molecular weight is 317 g/mol. The third-order valence-electron chi connectivity index (χ3n) is 4.33. The summed E-state index contributed by atoms with van der Waals surface area (Å²) in [6.45, 7) is 1.31. The summed E-state index contributed by atoms with van der Waals surface area (Å²) in [6.07, 6.45) is 2.15. The van der Waals surface area contributed by atoms with Gasteiger partial charge in [-0.3, -0.25) is 4.79 Å². The molecule has 21 heavy (non-hydrogen) atoms. The molecule has 116 valence electrons. The molecule has 0 spiro atoms. The zero-order valence-corrected chi connectivity index (χ0v) is 12.4. The smallest absolute Gasteiger partial charge is 0.226 e. The Morgan fingerprint density at radius 1 is 1.19 bits per heavy atom. The summed E-state index contributed by atoms with van der Waals surface area (Å²) in [6, 6.07) is 4.01. The van der Waals surface area contributed by atoms with Gasteiger partial charge in [-0.05, 0) is 31.4 Å². The Kier molecular flexibility index (Phi) is 4.84. The van der Waals surface area contributed by atoms with E-state index in [0.717, 1.165) is 12.8 Å². The Bertz CT molecular complexity index is 512. The van der Waals surface area contributed by atoms with E-state index in [-0.39, 0.29) is 41.8 Å². The Balaban J connectivity index is 0.00000161. The van der Waals surface area contributed by atoms with Gasteiger partial charge >= 0.3 is 0 Å². The molecule has 2 N–H and O–H groups in total. The second kappa shape index (κ2) is 6.28. The minimum atomic E-state index is -0.550. The molecule has 1 heterocycles. The third kappa shape index (κ3) is 3.19. The van der Waals surface area contributed by atoms with E-state index in [1.165, 1.54) is 18.2 Å². The van der Waals surface area contributed by atoms with Gasteiger partial charge in [0, 0.05) is 36.5 Å². The fraction of sp³-hybridized carbons (Fsp3) is 0.533. The zero-order valence-electron chi connectivity index (χ0n) is 11.6. The maximum atomic E-state index is 13.7. The van der Waals surface area contributed by atoms with Crippen molar-refractivity contribution in [3.8, 4) is 0 Å². The summed E-state index contributed by atoms with van der Waals surface area (Å²) < 4.78 is 27.4. The second-order valence-electron chi connectivity index (χ2n) is 5.75. The van der Waals surface area contributed by atoms with Crippen molar-refractivity contribution in [2.75, 3.05) is 13.1 Å². The van der Waals surface area contributed by atoms with Crippen molar-refractivity contribution in [3.63, 3.8) is 0 Å². The molecule has 3 rings (SSSR count). The standard InChI is InChI=1S/C15H18F2N2O.ClH/c16-12-2-1-3-13(17)14(12)10-8-11(10)15(20)19-6-4-9(18)5-7-19;/h1-3,9-11H,4-8,18H2;1H. The molecule has 2 atom stereocenters. The summed E-state index contributed by atoms with van der Waals surface area (Å²) in [7, 11) is 0. The first kappa shape index (κ1) is 16.2. The highest BCUT2D eigenvalue weighted by molar-refractivity contribution is 5.85. The molecule has 1 aromatic rings. The number of nitrogens with two attached hydrogens (primary N) is 1. The van der Waals surface area contributed by atoms with Gasteiger partial charge in [0.15, 0.2) is 0 Å². The van der Waals surface area contributed by atoms with E-state index >= 15 is 0 Å². The Morgan fingerprint density at radius 3 is 2.33 bits per heavy atom. The highest BCUT2D eigenvalue weighted by atomic mass is 35.5. The number of halogens is 3. The fourth-order valence-corrected chi connectivity index (χ4v) is 3.01. The molecule has 3 nitrogen and oxygen atoms in total. The summed E-state index contributed by atoms with van der Waals surface area (Å²) in [5.41, 5.74) is 5.88. The van der Waals surface area contributed by atoms with E-state index in [0.29, 0.717) is 19.5 Å². The molecule has 1 amide bonds. The van der Waals surface area contributed by atoms with Gasteiger partial charge in [-0.1, -0.05) is 6.07 Å². The molecule has 2 unspecified atom stereocenters. The van der Waals surface area contributed by atoms with Gasteiger partial charge < -0.3 is 10.6 Å². The van der Waals surface area contributed by atoms with Crippen molar-refractivity contribution in [2.45, 2.75) is 31.2 Å². The lowest BCUT2D eigenvalue weighted by molar-refractivity contribution is -0.133. The summed E-state index contributed by atoms with van der Waals surface area (Å²) in [5, 5.41) is 0. The lowest BCUT2D eigenvalue weighted by Crippen LogP contribution is -2.43. The largest absolute Gasteiger partial charge is 0.342 e. The van der Waals surface area contributed by atoms with Crippen LogP contribution in [-0.4, -0.2) is 29.9 Å². The minimum Gasteiger partial charge on any atom is -0.342 e. The van der Waals surface area contributed by atoms with Crippen LogP contribution < -0.4 is 5.73 Å². The molecule has 0 radical (unpaired) electrons. The van der Waals surface area contributed by atoms with Gasteiger partial charge in [0.05, 0.1) is 0 Å². The van der Waals surface area contributed by atoms with Crippen molar-refractivity contribution in [1.29, 1.82) is 0 Å². The number of carbonyl (C=O) groups is 1. The van der Waals surface area contributed by atoms with Gasteiger partial charge in [0.25, 0.3) is 0 Å². The van der Waals surface area contributed by atoms with Crippen LogP contribution in [0.25, 0.3) is 0 Å². The van der Waals surface area contributed by atoms with Crippen LogP contribution in [0.5, 0.6) is 0 Å². The summed E-state index contributed by atoms with van der Waals surface area (Å²) in [5.74, 6) is -1.66. The van der Waals surface area contributed by atoms with Crippen LogP contribution in [0.3, 0.4) is 0 Å². The third-order valence-corrected chi connectivity index (χ3v) is 4.33. The molecule has 1 aromatic carbocycles. The highest BCUT2D eigenvalue weighted by Gasteiger charge is 2.48. The SMILES string of the molecule is Cl.NC1CCN(C(=O)C2CC2c2c(F)cccc2F)CC1. The van der Waals surface area contributed by atoms with Gasteiger partial charge in [-0.15, -0.1) is 12.4 Å². The van der Waals surface area contributed by atoms with E-state index in [1.807, 2.05) is 0 Å². The molecular weight excluding hydrogens is 298 g/mol. The number of carbonyl (C=O) groups excluding carboxylic acids is 1. The van der Waals surface area contributed by atoms with E-state index in [9.17, 15) is 13.6 Å². The average Bonchev–Trinajstić information content (AvgIpc) is 3.19. The monoisotopic (exact) mass is 316 g/mol. The highest BCUT2D eigenvalue weighted by Crippen LogP contribution is 2.50. The van der Waals surface area contributed by atoms with Gasteiger partial charge in [0.2, 0.25) is 5.91 Å². The normalized spacial score (nSPS) is 25.4. The lowest BCUT2D eigenvalue weighted by Gasteiger charge is -2.30. The molecular formula is C15H19ClF2N2O. The zero-order chi connectivity index (χ0) is 14.3. The predicted molar refractivity (Wildman–Crippen MR) is 78.2 cm³/mol. The molecule has 6 heteroatoms. The lowest BCUT2D eigenvalue weighted by atomic mass is 10.0. The topological polar surface area (TPSA) is 46.3 Å². The van der Waals surface area contributed by atoms with Crippen molar-refractivity contribution in [2.24, 2.45) is 11.7 Å². The van der Waals surface area contributed by atoms with Gasteiger partial charge in [0.1, 0.15) is 11.6 Å². The summed E-state index contributed by atoms with van der Waals surface area (Å²) >= 11 is 0. The van der Waals surface area contributed by atoms with Crippen molar-refractivity contribution in [1.82, 2.24) is 4.90 Å². The summed E-state index contributed by atoms with van der Waals surface area (Å²) in [4.78, 5) is 14.1. The minimum absolute atomic E-state index is 0. The van der Waals surface area contributed by atoms with Gasteiger partial charge in [-0.2, -0.15) is 0 Å². The predicted octanol–water partition coefficient (Wildman–Crippen LogP) is 2.44. The number of rotatable bonds is 2. The number of likely N-dealkylation sites (tertiary alicyclic amines) is 1.